The fourth-order valence-electron chi connectivity index (χ4n) is 16.7. The number of thiocarbonyl (C=S) groups is 1. The van der Waals surface area contributed by atoms with Crippen molar-refractivity contribution in [1.82, 2.24) is 45.4 Å². The Bertz CT molecular complexity index is 6260. The standard InChI is InChI=1S/C41H43F2N5O9S.C26H34N2O10.C22H26N2O10.C13H10N2O5/c42-21-25(22-43)23-47-24-31(26-3-1-4-27(19-26)38(44)58)29-8-7-28(20-33(29)47)45-36(50)11-12-54-13-14-55-15-16-56-17-18-57-34-6-2-5-30-37(34)41(53)48(40(30)52)32-9-10-35(49)46-39(32)51;1-26(2,3)38-21(30)9-10-34-11-12-35-13-14-36-15-16-37-19-6-4-5-17-22(19)25(33)28(24(17)32)18-7-8-20(29)27-23(18)31;25-17-5-4-15(20(28)23-17)24-21(29)14-2-1-3-16(19(14)22(24)30)34-13-12-33-11-10-32-9-8-31-7-6-18(26)27;16-8-3-1-2-6-10(8)13(20)15(12(6)19)7-4-5-9(17)14-11(7)18/h1-8,19-20,24-25,32H,9-18,21-23H2,(H2,44,58)(H,45,50)(H,46,49,51);4-6,18H,7-16H2,1-3H3,(H,27,29,31);1-3,15H,4-13H2,(H,26,27)(H,23,25,28);1-3,7,16H,4-5H2,(H,14,17,18). The lowest BCUT2D eigenvalue weighted by Crippen LogP contribution is -2.54. The third kappa shape index (κ3) is 30.0. The second-order valence-electron chi connectivity index (χ2n) is 35.4. The molecule has 4 saturated heterocycles. The first kappa shape index (κ1) is 114. The number of nitrogens with zero attached hydrogens (tertiary/aromatic N) is 5. The molecule has 9 heterocycles. The van der Waals surface area contributed by atoms with E-state index >= 15 is 0 Å². The van der Waals surface area contributed by atoms with E-state index in [2.05, 4.69) is 26.6 Å². The first-order valence-electron chi connectivity index (χ1n) is 48.1. The summed E-state index contributed by atoms with van der Waals surface area (Å²) in [6, 6.07) is 26.8. The molecule has 17 amide bonds. The van der Waals surface area contributed by atoms with Crippen LogP contribution >= 0.6 is 12.2 Å². The number of phenolic OH excluding ortho intramolecular Hbond substituents is 1. The lowest BCUT2D eigenvalue weighted by molar-refractivity contribution is -0.156. The molecule has 150 heavy (non-hydrogen) atoms. The van der Waals surface area contributed by atoms with Gasteiger partial charge in [0.1, 0.15) is 77.6 Å². The van der Waals surface area contributed by atoms with E-state index in [-0.39, 0.29) is 254 Å². The van der Waals surface area contributed by atoms with Crippen LogP contribution in [0.25, 0.3) is 22.0 Å². The average molecular weight is 2110 g/mol. The van der Waals surface area contributed by atoms with Gasteiger partial charge in [-0.05, 0) is 119 Å². The number of hydrogen-bond acceptors (Lipinski definition) is 34. The Labute approximate surface area is 861 Å². The summed E-state index contributed by atoms with van der Waals surface area (Å²) in [5, 5.41) is 30.5. The fraction of sp³-hybridized carbons (Fsp3) is 0.431. The van der Waals surface area contributed by atoms with Gasteiger partial charge >= 0.3 is 11.9 Å². The van der Waals surface area contributed by atoms with Gasteiger partial charge in [0, 0.05) is 66.5 Å². The van der Waals surface area contributed by atoms with E-state index in [4.69, 9.17) is 84.6 Å². The Hall–Kier alpha value is -15.0. The molecule has 800 valence electrons. The summed E-state index contributed by atoms with van der Waals surface area (Å²) in [7, 11) is 0. The molecule has 0 bridgehead atoms. The maximum atomic E-state index is 13.5. The Morgan fingerprint density at radius 1 is 0.413 bits per heavy atom. The SMILES string of the molecule is CC(C)(C)OC(=O)CCOCCOCCOCCOc1cccc2c1C(=O)N(C1CCC(=O)NC1=O)C2=O.NC(=S)c1cccc(-c2cn(CC(CF)CF)c3cc(NC(=O)CCOCCOCCOCCOc4cccc5c4C(=O)N(C4CCC(=O)NC4=O)C5=O)ccc23)c1.O=C(O)CCOCCOCCOCCOc1cccc2c1C(=O)N(C1CCC(=O)NC1=O)C2=O.O=C1CCC(N2C(=O)c3cccc(O)c3C2=O)C(=O)N1. The largest absolute Gasteiger partial charge is 0.507 e. The highest BCUT2D eigenvalue weighted by atomic mass is 32.1. The molecule has 7 aromatic rings. The molecule has 8 aliphatic heterocycles. The highest BCUT2D eigenvalue weighted by molar-refractivity contribution is 7.80. The quantitative estimate of drug-likeness (QED) is 0.0102. The number of amides is 17. The molecule has 0 radical (unpaired) electrons. The molecule has 48 heteroatoms. The Morgan fingerprint density at radius 3 is 1.09 bits per heavy atom. The molecule has 0 saturated carbocycles. The molecule has 4 fully saturated rings. The number of piperidine rings is 4. The third-order valence-corrected chi connectivity index (χ3v) is 24.0. The minimum absolute atomic E-state index is 0.0270. The lowest BCUT2D eigenvalue weighted by atomic mass is 10.0. The first-order chi connectivity index (χ1) is 72.1. The van der Waals surface area contributed by atoms with Gasteiger partial charge in [0.15, 0.2) is 0 Å². The molecule has 9 N–H and O–H groups in total. The van der Waals surface area contributed by atoms with Gasteiger partial charge in [-0.3, -0.25) is 141 Å². The van der Waals surface area contributed by atoms with Crippen molar-refractivity contribution in [3.05, 3.63) is 172 Å². The highest BCUT2D eigenvalue weighted by Crippen LogP contribution is 2.40. The predicted molar refractivity (Wildman–Crippen MR) is 523 cm³/mol. The fourth-order valence-corrected chi connectivity index (χ4v) is 16.8. The first-order valence-corrected chi connectivity index (χ1v) is 48.5. The number of phenols is 1. The molecule has 1 aromatic heterocycles. The van der Waals surface area contributed by atoms with Crippen molar-refractivity contribution >= 4 is 146 Å². The van der Waals surface area contributed by atoms with Crippen LogP contribution < -0.4 is 46.5 Å². The second-order valence-corrected chi connectivity index (χ2v) is 35.8. The van der Waals surface area contributed by atoms with E-state index in [0.29, 0.717) is 63.0 Å². The van der Waals surface area contributed by atoms with E-state index in [1.165, 1.54) is 36.4 Å². The lowest BCUT2D eigenvalue weighted by Gasteiger charge is -2.27. The number of carbonyl (C=O) groups excluding carboxylic acids is 18. The van der Waals surface area contributed by atoms with Crippen LogP contribution in [0.3, 0.4) is 0 Å². The summed E-state index contributed by atoms with van der Waals surface area (Å²) >= 11 is 5.14. The van der Waals surface area contributed by atoms with Gasteiger partial charge < -0.3 is 87.4 Å². The monoisotopic (exact) mass is 2110 g/mol. The van der Waals surface area contributed by atoms with E-state index in [1.54, 1.807) is 53.1 Å². The number of imide groups is 8. The van der Waals surface area contributed by atoms with Crippen molar-refractivity contribution < 1.29 is 172 Å². The minimum Gasteiger partial charge on any atom is -0.507 e. The summed E-state index contributed by atoms with van der Waals surface area (Å²) in [5.41, 5.74) is 9.59. The Kier molecular flexibility index (Phi) is 41.5. The topological polar surface area (TPSA) is 589 Å². The minimum atomic E-state index is -1.07. The molecule has 6 aromatic carbocycles. The number of ether oxygens (including phenoxy) is 13. The van der Waals surface area contributed by atoms with Crippen molar-refractivity contribution in [1.29, 1.82) is 0 Å². The summed E-state index contributed by atoms with van der Waals surface area (Å²) in [6.07, 6.45) is 2.57. The number of aromatic nitrogens is 1. The number of aliphatic carboxylic acids is 1. The average Bonchev–Trinajstić information content (AvgIpc) is 1.65. The molecular weight excluding hydrogens is 1990 g/mol. The van der Waals surface area contributed by atoms with E-state index in [0.717, 1.165) is 36.1 Å². The van der Waals surface area contributed by atoms with Crippen LogP contribution in [-0.4, -0.2) is 334 Å². The van der Waals surface area contributed by atoms with Crippen molar-refractivity contribution in [2.45, 2.75) is 128 Å². The van der Waals surface area contributed by atoms with Crippen molar-refractivity contribution in [2.75, 3.05) is 157 Å². The number of hydrogen-bond donors (Lipinski definition) is 8. The van der Waals surface area contributed by atoms with Gasteiger partial charge in [0.2, 0.25) is 53.2 Å². The molecule has 4 unspecified atom stereocenters. The van der Waals surface area contributed by atoms with Gasteiger partial charge in [0.05, 0.1) is 202 Å². The number of fused-ring (bicyclic) bond motifs is 5. The van der Waals surface area contributed by atoms with Crippen LogP contribution in [0.5, 0.6) is 23.0 Å². The maximum Gasteiger partial charge on any atom is 0.308 e. The summed E-state index contributed by atoms with van der Waals surface area (Å²) < 4.78 is 99.7. The van der Waals surface area contributed by atoms with E-state index in [9.17, 15) is 105 Å². The number of anilines is 1. The summed E-state index contributed by atoms with van der Waals surface area (Å²) in [5.74, 6) is -11.5. The van der Waals surface area contributed by atoms with Crippen LogP contribution in [0.15, 0.2) is 121 Å². The van der Waals surface area contributed by atoms with Gasteiger partial charge in [-0.25, -0.2) is 0 Å². The number of carboxylic acid groups (broad SMARTS) is 1. The molecule has 4 atom stereocenters. The van der Waals surface area contributed by atoms with Gasteiger partial charge in [-0.2, -0.15) is 0 Å². The number of esters is 1. The second kappa shape index (κ2) is 54.8. The summed E-state index contributed by atoms with van der Waals surface area (Å²) in [4.78, 5) is 235. The number of rotatable bonds is 50. The molecule has 15 rings (SSSR count). The Morgan fingerprint density at radius 2 is 0.747 bits per heavy atom. The molecular formula is C102H113F2N11O34S. The van der Waals surface area contributed by atoms with Crippen molar-refractivity contribution in [3.8, 4) is 34.1 Å². The van der Waals surface area contributed by atoms with Gasteiger partial charge in [-0.15, -0.1) is 0 Å². The summed E-state index contributed by atoms with van der Waals surface area (Å²) in [6.45, 7) is 9.02. The van der Waals surface area contributed by atoms with Crippen LogP contribution in [-0.2, 0) is 107 Å². The van der Waals surface area contributed by atoms with Gasteiger partial charge in [-0.1, -0.05) is 60.7 Å². The number of alkyl halides is 2. The zero-order valence-electron chi connectivity index (χ0n) is 82.1. The number of carbonyl (C=O) groups is 19. The number of benzene rings is 6. The van der Waals surface area contributed by atoms with Crippen LogP contribution in [0, 0.1) is 5.92 Å². The number of halogens is 2. The molecule has 45 nitrogen and oxygen atoms in total. The number of aromatic hydroxyl groups is 1. The van der Waals surface area contributed by atoms with Crippen LogP contribution in [0.1, 0.15) is 180 Å². The Balaban J connectivity index is 0.000000188. The maximum absolute atomic E-state index is 13.5. The van der Waals surface area contributed by atoms with Gasteiger partial charge in [0.25, 0.3) is 47.3 Å². The van der Waals surface area contributed by atoms with Crippen LogP contribution in [0.2, 0.25) is 0 Å². The number of carboxylic acids is 1. The van der Waals surface area contributed by atoms with Crippen molar-refractivity contribution in [2.24, 2.45) is 11.7 Å². The molecule has 0 spiro atoms. The third-order valence-electron chi connectivity index (χ3n) is 23.7. The molecule has 8 aliphatic rings. The zero-order chi connectivity index (χ0) is 108. The molecule has 0 aliphatic carbocycles. The zero-order valence-corrected chi connectivity index (χ0v) is 82.9. The predicted octanol–water partition coefficient (Wildman–Crippen LogP) is 5.39. The van der Waals surface area contributed by atoms with E-state index < -0.39 is 150 Å². The number of nitrogens with two attached hydrogens (primary N) is 1. The normalized spacial score (nSPS) is 17.3. The van der Waals surface area contributed by atoms with Crippen LogP contribution in [0.4, 0.5) is 14.5 Å². The van der Waals surface area contributed by atoms with E-state index in [1.807, 2.05) is 57.3 Å². The highest BCUT2D eigenvalue weighted by Gasteiger charge is 2.51. The smallest absolute Gasteiger partial charge is 0.308 e. The number of nitrogens with one attached hydrogen (secondary N) is 5. The van der Waals surface area contributed by atoms with Crippen molar-refractivity contribution in [3.63, 3.8) is 0 Å².